The van der Waals surface area contributed by atoms with E-state index >= 15 is 0 Å². The second-order valence-electron chi connectivity index (χ2n) is 4.90. The number of aromatic nitrogens is 1. The third-order valence-corrected chi connectivity index (χ3v) is 3.35. The highest BCUT2D eigenvalue weighted by atomic mass is 16.5. The molecule has 0 N–H and O–H groups in total. The number of likely N-dealkylation sites (tertiary alicyclic amines) is 1. The Bertz CT molecular complexity index is 318. The molecule has 16 heavy (non-hydrogen) atoms. The number of piperidine rings is 1. The fourth-order valence-electron chi connectivity index (χ4n) is 1.98. The zero-order valence-electron chi connectivity index (χ0n) is 10.1. The minimum absolute atomic E-state index is 0.0440. The van der Waals surface area contributed by atoms with Crippen molar-refractivity contribution in [2.24, 2.45) is 0 Å². The van der Waals surface area contributed by atoms with E-state index in [9.17, 15) is 0 Å². The van der Waals surface area contributed by atoms with Crippen LogP contribution in [0.4, 0.5) is 0 Å². The van der Waals surface area contributed by atoms with Crippen molar-refractivity contribution in [2.75, 3.05) is 20.1 Å². The maximum atomic E-state index is 6.04. The lowest BCUT2D eigenvalue weighted by atomic mass is 9.93. The van der Waals surface area contributed by atoms with E-state index < -0.39 is 0 Å². The van der Waals surface area contributed by atoms with Gasteiger partial charge in [-0.15, -0.1) is 0 Å². The monoisotopic (exact) mass is 220 g/mol. The minimum Gasteiger partial charge on any atom is -0.370 e. The normalized spacial score (nSPS) is 20.9. The zero-order valence-corrected chi connectivity index (χ0v) is 10.1. The number of hydrogen-bond acceptors (Lipinski definition) is 3. The van der Waals surface area contributed by atoms with Crippen LogP contribution in [0.3, 0.4) is 0 Å². The van der Waals surface area contributed by atoms with Crippen molar-refractivity contribution in [3.05, 3.63) is 30.1 Å². The lowest BCUT2D eigenvalue weighted by Gasteiger charge is -2.37. The van der Waals surface area contributed by atoms with Gasteiger partial charge in [0.05, 0.1) is 12.2 Å². The van der Waals surface area contributed by atoms with E-state index in [4.69, 9.17) is 4.74 Å². The Balaban J connectivity index is 1.85. The molecule has 0 atom stereocenters. The van der Waals surface area contributed by atoms with Crippen molar-refractivity contribution >= 4 is 0 Å². The standard InChI is InChI=1S/C13H20N2O/c1-13(5-8-15(2)9-6-13)16-11-12-4-3-7-14-10-12/h3-4,7,10H,5-6,8-9,11H2,1-2H3. The molecule has 3 heteroatoms. The molecule has 0 aliphatic carbocycles. The Morgan fingerprint density at radius 1 is 1.44 bits per heavy atom. The van der Waals surface area contributed by atoms with Gasteiger partial charge in [-0.2, -0.15) is 0 Å². The molecule has 1 saturated heterocycles. The van der Waals surface area contributed by atoms with Crippen LogP contribution >= 0.6 is 0 Å². The van der Waals surface area contributed by atoms with Gasteiger partial charge in [0, 0.05) is 25.5 Å². The molecule has 1 aliphatic rings. The second-order valence-corrected chi connectivity index (χ2v) is 4.90. The van der Waals surface area contributed by atoms with Gasteiger partial charge < -0.3 is 9.64 Å². The Labute approximate surface area is 97.4 Å². The highest BCUT2D eigenvalue weighted by Crippen LogP contribution is 2.26. The first kappa shape index (κ1) is 11.6. The summed E-state index contributed by atoms with van der Waals surface area (Å²) >= 11 is 0. The summed E-state index contributed by atoms with van der Waals surface area (Å²) in [5.41, 5.74) is 1.20. The molecule has 1 fully saturated rings. The molecular formula is C13H20N2O. The Hall–Kier alpha value is -0.930. The van der Waals surface area contributed by atoms with Crippen LogP contribution in [-0.4, -0.2) is 35.6 Å². The number of rotatable bonds is 3. The number of ether oxygens (including phenoxy) is 1. The van der Waals surface area contributed by atoms with Crippen LogP contribution in [0.15, 0.2) is 24.5 Å². The fraction of sp³-hybridized carbons (Fsp3) is 0.615. The van der Waals surface area contributed by atoms with Crippen LogP contribution in [-0.2, 0) is 11.3 Å². The van der Waals surface area contributed by atoms with Crippen LogP contribution in [0.1, 0.15) is 25.3 Å². The first-order chi connectivity index (χ1) is 7.68. The molecule has 0 radical (unpaired) electrons. The highest BCUT2D eigenvalue weighted by molar-refractivity contribution is 5.07. The summed E-state index contributed by atoms with van der Waals surface area (Å²) < 4.78 is 6.04. The first-order valence-corrected chi connectivity index (χ1v) is 5.89. The van der Waals surface area contributed by atoms with Gasteiger partial charge in [-0.25, -0.2) is 0 Å². The van der Waals surface area contributed by atoms with Crippen molar-refractivity contribution in [3.63, 3.8) is 0 Å². The van der Waals surface area contributed by atoms with Gasteiger partial charge >= 0.3 is 0 Å². The predicted octanol–water partition coefficient (Wildman–Crippen LogP) is 2.08. The van der Waals surface area contributed by atoms with Gasteiger partial charge in [-0.1, -0.05) is 6.07 Å². The smallest absolute Gasteiger partial charge is 0.0739 e. The molecular weight excluding hydrogens is 200 g/mol. The molecule has 1 aromatic heterocycles. The topological polar surface area (TPSA) is 25.4 Å². The van der Waals surface area contributed by atoms with Crippen LogP contribution in [0, 0.1) is 0 Å². The van der Waals surface area contributed by atoms with E-state index in [-0.39, 0.29) is 5.60 Å². The fourth-order valence-corrected chi connectivity index (χ4v) is 1.98. The Kier molecular flexibility index (Phi) is 3.56. The molecule has 2 heterocycles. The molecule has 88 valence electrons. The van der Waals surface area contributed by atoms with Gasteiger partial charge in [0.25, 0.3) is 0 Å². The summed E-state index contributed by atoms with van der Waals surface area (Å²) in [5, 5.41) is 0. The summed E-state index contributed by atoms with van der Waals surface area (Å²) in [7, 11) is 2.17. The van der Waals surface area contributed by atoms with E-state index in [1.165, 1.54) is 0 Å². The third kappa shape index (κ3) is 3.03. The summed E-state index contributed by atoms with van der Waals surface area (Å²) in [4.78, 5) is 6.45. The van der Waals surface area contributed by atoms with E-state index in [1.807, 2.05) is 12.3 Å². The SMILES string of the molecule is CN1CCC(C)(OCc2cccnc2)CC1. The van der Waals surface area contributed by atoms with Crippen molar-refractivity contribution in [3.8, 4) is 0 Å². The van der Waals surface area contributed by atoms with E-state index in [0.717, 1.165) is 31.5 Å². The molecule has 0 amide bonds. The summed E-state index contributed by atoms with van der Waals surface area (Å²) in [6, 6.07) is 4.01. The van der Waals surface area contributed by atoms with Crippen LogP contribution in [0.2, 0.25) is 0 Å². The maximum absolute atomic E-state index is 6.04. The van der Waals surface area contributed by atoms with Crippen molar-refractivity contribution in [1.82, 2.24) is 9.88 Å². The molecule has 0 saturated carbocycles. The van der Waals surface area contributed by atoms with E-state index in [1.54, 1.807) is 6.20 Å². The van der Waals surface area contributed by atoms with Crippen LogP contribution in [0.5, 0.6) is 0 Å². The lowest BCUT2D eigenvalue weighted by molar-refractivity contribution is -0.0774. The Morgan fingerprint density at radius 3 is 2.81 bits per heavy atom. The van der Waals surface area contributed by atoms with Gasteiger partial charge in [-0.05, 0) is 38.4 Å². The van der Waals surface area contributed by atoms with Crippen LogP contribution in [0.25, 0.3) is 0 Å². The molecule has 0 spiro atoms. The predicted molar refractivity (Wildman–Crippen MR) is 64.2 cm³/mol. The largest absolute Gasteiger partial charge is 0.370 e. The molecule has 1 aliphatic heterocycles. The number of pyridine rings is 1. The third-order valence-electron chi connectivity index (χ3n) is 3.35. The summed E-state index contributed by atoms with van der Waals surface area (Å²) in [6.45, 7) is 5.15. The molecule has 3 nitrogen and oxygen atoms in total. The molecule has 2 rings (SSSR count). The average molecular weight is 220 g/mol. The van der Waals surface area contributed by atoms with Gasteiger partial charge in [0.15, 0.2) is 0 Å². The van der Waals surface area contributed by atoms with E-state index in [0.29, 0.717) is 6.61 Å². The van der Waals surface area contributed by atoms with Gasteiger partial charge in [-0.3, -0.25) is 4.98 Å². The quantitative estimate of drug-likeness (QED) is 0.780. The molecule has 1 aromatic rings. The van der Waals surface area contributed by atoms with Crippen molar-refractivity contribution in [2.45, 2.75) is 32.0 Å². The van der Waals surface area contributed by atoms with Crippen molar-refractivity contribution < 1.29 is 4.74 Å². The molecule has 0 unspecified atom stereocenters. The van der Waals surface area contributed by atoms with Gasteiger partial charge in [0.1, 0.15) is 0 Å². The summed E-state index contributed by atoms with van der Waals surface area (Å²) in [6.07, 6.45) is 5.90. The van der Waals surface area contributed by atoms with Crippen LogP contribution < -0.4 is 0 Å². The number of hydrogen-bond donors (Lipinski definition) is 0. The Morgan fingerprint density at radius 2 is 2.19 bits per heavy atom. The first-order valence-electron chi connectivity index (χ1n) is 5.89. The van der Waals surface area contributed by atoms with E-state index in [2.05, 4.69) is 29.9 Å². The van der Waals surface area contributed by atoms with Crippen molar-refractivity contribution in [1.29, 1.82) is 0 Å². The average Bonchev–Trinajstić information content (AvgIpc) is 2.33. The minimum atomic E-state index is 0.0440. The zero-order chi connectivity index (χ0) is 11.4. The lowest BCUT2D eigenvalue weighted by Crippen LogP contribution is -2.42. The molecule has 0 bridgehead atoms. The molecule has 0 aromatic carbocycles. The maximum Gasteiger partial charge on any atom is 0.0739 e. The van der Waals surface area contributed by atoms with Gasteiger partial charge in [0.2, 0.25) is 0 Å². The summed E-state index contributed by atoms with van der Waals surface area (Å²) in [5.74, 6) is 0. The highest BCUT2D eigenvalue weighted by Gasteiger charge is 2.29. The second kappa shape index (κ2) is 4.93. The number of nitrogens with zero attached hydrogens (tertiary/aromatic N) is 2.